The van der Waals surface area contributed by atoms with E-state index in [2.05, 4.69) is 0 Å². The SMILES string of the molecule is O=C1C=C[C@H](O)N1CCc1ccccc1. The zero-order valence-corrected chi connectivity index (χ0v) is 8.34. The second kappa shape index (κ2) is 4.28. The predicted molar refractivity (Wildman–Crippen MR) is 57.0 cm³/mol. The molecule has 1 aliphatic rings. The quantitative estimate of drug-likeness (QED) is 0.794. The van der Waals surface area contributed by atoms with Gasteiger partial charge in [-0.25, -0.2) is 0 Å². The molecule has 2 rings (SSSR count). The maximum atomic E-state index is 11.3. The van der Waals surface area contributed by atoms with E-state index >= 15 is 0 Å². The number of aliphatic hydroxyl groups excluding tert-OH is 1. The van der Waals surface area contributed by atoms with Gasteiger partial charge in [0.1, 0.15) is 6.23 Å². The Bertz CT molecular complexity index is 372. The molecule has 0 unspecified atom stereocenters. The van der Waals surface area contributed by atoms with E-state index in [0.717, 1.165) is 6.42 Å². The first-order chi connectivity index (χ1) is 7.27. The number of nitrogens with zero attached hydrogens (tertiary/aromatic N) is 1. The highest BCUT2D eigenvalue weighted by Crippen LogP contribution is 2.10. The molecule has 3 nitrogen and oxygen atoms in total. The van der Waals surface area contributed by atoms with E-state index in [0.29, 0.717) is 6.54 Å². The summed E-state index contributed by atoms with van der Waals surface area (Å²) in [5.41, 5.74) is 1.17. The third-order valence-electron chi connectivity index (χ3n) is 2.50. The van der Waals surface area contributed by atoms with Crippen LogP contribution in [-0.4, -0.2) is 28.7 Å². The van der Waals surface area contributed by atoms with E-state index in [1.54, 1.807) is 0 Å². The van der Waals surface area contributed by atoms with Gasteiger partial charge < -0.3 is 10.0 Å². The number of rotatable bonds is 3. The van der Waals surface area contributed by atoms with Crippen molar-refractivity contribution < 1.29 is 9.90 Å². The summed E-state index contributed by atoms with van der Waals surface area (Å²) < 4.78 is 0. The lowest BCUT2D eigenvalue weighted by Gasteiger charge is -2.20. The average molecular weight is 203 g/mol. The maximum Gasteiger partial charge on any atom is 0.248 e. The second-order valence-corrected chi connectivity index (χ2v) is 3.54. The van der Waals surface area contributed by atoms with E-state index in [4.69, 9.17) is 0 Å². The molecule has 78 valence electrons. The van der Waals surface area contributed by atoms with Gasteiger partial charge in [-0.2, -0.15) is 0 Å². The Morgan fingerprint density at radius 1 is 1.27 bits per heavy atom. The molecule has 0 radical (unpaired) electrons. The lowest BCUT2D eigenvalue weighted by atomic mass is 10.1. The molecule has 0 aliphatic carbocycles. The first-order valence-corrected chi connectivity index (χ1v) is 4.98. The van der Waals surface area contributed by atoms with Crippen LogP contribution in [0, 0.1) is 0 Å². The zero-order valence-electron chi connectivity index (χ0n) is 8.34. The number of hydrogen-bond donors (Lipinski definition) is 1. The highest BCUT2D eigenvalue weighted by Gasteiger charge is 2.22. The second-order valence-electron chi connectivity index (χ2n) is 3.54. The molecule has 15 heavy (non-hydrogen) atoms. The molecule has 3 heteroatoms. The van der Waals surface area contributed by atoms with Gasteiger partial charge in [-0.1, -0.05) is 30.3 Å². The molecule has 1 N–H and O–H groups in total. The molecule has 0 saturated heterocycles. The van der Waals surface area contributed by atoms with Crippen LogP contribution in [0.3, 0.4) is 0 Å². The molecule has 0 aromatic heterocycles. The monoisotopic (exact) mass is 203 g/mol. The van der Waals surface area contributed by atoms with Crippen LogP contribution in [0.25, 0.3) is 0 Å². The van der Waals surface area contributed by atoms with Crippen molar-refractivity contribution >= 4 is 5.91 Å². The minimum atomic E-state index is -0.749. The summed E-state index contributed by atoms with van der Waals surface area (Å²) in [7, 11) is 0. The van der Waals surface area contributed by atoms with Crippen molar-refractivity contribution in [1.82, 2.24) is 4.90 Å². The summed E-state index contributed by atoms with van der Waals surface area (Å²) >= 11 is 0. The number of carbonyl (C=O) groups is 1. The Kier molecular flexibility index (Phi) is 2.83. The van der Waals surface area contributed by atoms with Gasteiger partial charge >= 0.3 is 0 Å². The van der Waals surface area contributed by atoms with Crippen molar-refractivity contribution in [2.45, 2.75) is 12.6 Å². The third kappa shape index (κ3) is 2.25. The highest BCUT2D eigenvalue weighted by molar-refractivity contribution is 5.90. The summed E-state index contributed by atoms with van der Waals surface area (Å²) in [5.74, 6) is -0.113. The van der Waals surface area contributed by atoms with Crippen molar-refractivity contribution in [3.05, 3.63) is 48.0 Å². The van der Waals surface area contributed by atoms with Crippen molar-refractivity contribution in [3.63, 3.8) is 0 Å². The third-order valence-corrected chi connectivity index (χ3v) is 2.50. The van der Waals surface area contributed by atoms with Gasteiger partial charge in [0, 0.05) is 12.6 Å². The van der Waals surface area contributed by atoms with E-state index in [-0.39, 0.29) is 5.91 Å². The van der Waals surface area contributed by atoms with E-state index in [1.165, 1.54) is 22.6 Å². The van der Waals surface area contributed by atoms with E-state index < -0.39 is 6.23 Å². The van der Waals surface area contributed by atoms with Gasteiger partial charge in [0.05, 0.1) is 0 Å². The van der Waals surface area contributed by atoms with Crippen molar-refractivity contribution in [2.24, 2.45) is 0 Å². The molecule has 0 spiro atoms. The average Bonchev–Trinajstić information content (AvgIpc) is 2.58. The van der Waals surface area contributed by atoms with Crippen molar-refractivity contribution in [1.29, 1.82) is 0 Å². The molecule has 0 fully saturated rings. The minimum Gasteiger partial charge on any atom is -0.370 e. The summed E-state index contributed by atoms with van der Waals surface area (Å²) in [6, 6.07) is 9.92. The number of aliphatic hydroxyl groups is 1. The standard InChI is InChI=1S/C12H13NO2/c14-11-6-7-12(15)13(11)9-8-10-4-2-1-3-5-10/h1-7,11,14H,8-9H2/t11-/m0/s1. The lowest BCUT2D eigenvalue weighted by molar-refractivity contribution is -0.130. The normalized spacial score (nSPS) is 19.9. The summed E-state index contributed by atoms with van der Waals surface area (Å²) in [6.07, 6.45) is 2.94. The van der Waals surface area contributed by atoms with E-state index in [1.807, 2.05) is 30.3 Å². The van der Waals surface area contributed by atoms with Gasteiger partial charge in [-0.15, -0.1) is 0 Å². The Morgan fingerprint density at radius 3 is 2.60 bits per heavy atom. The molecular formula is C12H13NO2. The van der Waals surface area contributed by atoms with Gasteiger partial charge in [-0.3, -0.25) is 4.79 Å². The Balaban J connectivity index is 1.92. The molecular weight excluding hydrogens is 190 g/mol. The predicted octanol–water partition coefficient (Wildman–Crippen LogP) is 0.946. The van der Waals surface area contributed by atoms with Gasteiger partial charge in [0.25, 0.3) is 0 Å². The van der Waals surface area contributed by atoms with Crippen LogP contribution in [0.5, 0.6) is 0 Å². The lowest BCUT2D eigenvalue weighted by Crippen LogP contribution is -2.35. The summed E-state index contributed by atoms with van der Waals surface area (Å²) in [4.78, 5) is 12.7. The van der Waals surface area contributed by atoms with Crippen LogP contribution in [0.1, 0.15) is 5.56 Å². The number of hydrogen-bond acceptors (Lipinski definition) is 2. The smallest absolute Gasteiger partial charge is 0.248 e. The first kappa shape index (κ1) is 9.93. The van der Waals surface area contributed by atoms with Crippen LogP contribution in [0.15, 0.2) is 42.5 Å². The summed E-state index contributed by atoms with van der Waals surface area (Å²) in [5, 5.41) is 9.46. The molecule has 1 aromatic rings. The Labute approximate surface area is 88.6 Å². The van der Waals surface area contributed by atoms with Crippen molar-refractivity contribution in [2.75, 3.05) is 6.54 Å². The van der Waals surface area contributed by atoms with Crippen LogP contribution in [0.2, 0.25) is 0 Å². The first-order valence-electron chi connectivity index (χ1n) is 4.98. The topological polar surface area (TPSA) is 40.5 Å². The molecule has 0 bridgehead atoms. The van der Waals surface area contributed by atoms with Crippen LogP contribution < -0.4 is 0 Å². The minimum absolute atomic E-state index is 0.113. The fourth-order valence-electron chi connectivity index (χ4n) is 1.64. The molecule has 1 amide bonds. The van der Waals surface area contributed by atoms with Gasteiger partial charge in [-0.05, 0) is 18.1 Å². The summed E-state index contributed by atoms with van der Waals surface area (Å²) in [6.45, 7) is 0.553. The fourth-order valence-corrected chi connectivity index (χ4v) is 1.64. The number of carbonyl (C=O) groups excluding carboxylic acids is 1. The Hall–Kier alpha value is -1.61. The van der Waals surface area contributed by atoms with E-state index in [9.17, 15) is 9.90 Å². The van der Waals surface area contributed by atoms with Crippen molar-refractivity contribution in [3.8, 4) is 0 Å². The fraction of sp³-hybridized carbons (Fsp3) is 0.250. The molecule has 0 saturated carbocycles. The van der Waals surface area contributed by atoms with Gasteiger partial charge in [0.2, 0.25) is 5.91 Å². The number of benzene rings is 1. The molecule has 1 aromatic carbocycles. The number of amides is 1. The maximum absolute atomic E-state index is 11.3. The molecule has 1 heterocycles. The van der Waals surface area contributed by atoms with Crippen LogP contribution >= 0.6 is 0 Å². The van der Waals surface area contributed by atoms with Crippen LogP contribution in [-0.2, 0) is 11.2 Å². The largest absolute Gasteiger partial charge is 0.370 e. The Morgan fingerprint density at radius 2 is 2.00 bits per heavy atom. The van der Waals surface area contributed by atoms with Gasteiger partial charge in [0.15, 0.2) is 0 Å². The highest BCUT2D eigenvalue weighted by atomic mass is 16.3. The molecule has 1 atom stereocenters. The zero-order chi connectivity index (χ0) is 10.7. The van der Waals surface area contributed by atoms with Crippen LogP contribution in [0.4, 0.5) is 0 Å². The molecule has 1 aliphatic heterocycles.